The van der Waals surface area contributed by atoms with Crippen LogP contribution in [0.4, 0.5) is 0 Å². The standard InChI is InChI=1S/C26H29N3O3/c1-31-23-9-10-24(32-2)22(14-23)17-29-13-11-26(18-29,25(27)30)15-19-5-7-20(8-6-19)21-4-3-12-28-16-21/h3-10,12,14,16H,11,13,15,17-18H2,1-2H3,(H2,27,30). The molecule has 1 aliphatic rings. The molecule has 0 aliphatic carbocycles. The Hall–Kier alpha value is -3.38. The van der Waals surface area contributed by atoms with Crippen molar-refractivity contribution in [2.75, 3.05) is 27.3 Å². The molecule has 0 saturated carbocycles. The second-order valence-electron chi connectivity index (χ2n) is 8.40. The molecule has 1 unspecified atom stereocenters. The molecule has 6 heteroatoms. The average Bonchev–Trinajstić information content (AvgIpc) is 3.24. The van der Waals surface area contributed by atoms with E-state index in [0.717, 1.165) is 46.7 Å². The average molecular weight is 432 g/mol. The summed E-state index contributed by atoms with van der Waals surface area (Å²) in [6.45, 7) is 2.10. The zero-order chi connectivity index (χ0) is 22.6. The number of rotatable bonds is 8. The highest BCUT2D eigenvalue weighted by Gasteiger charge is 2.43. The summed E-state index contributed by atoms with van der Waals surface area (Å²) in [5.41, 5.74) is 9.68. The molecule has 1 fully saturated rings. The van der Waals surface area contributed by atoms with Gasteiger partial charge >= 0.3 is 0 Å². The number of carbonyl (C=O) groups is 1. The van der Waals surface area contributed by atoms with Gasteiger partial charge in [-0.15, -0.1) is 0 Å². The summed E-state index contributed by atoms with van der Waals surface area (Å²) < 4.78 is 10.9. The monoisotopic (exact) mass is 431 g/mol. The Kier molecular flexibility index (Phi) is 6.42. The predicted octanol–water partition coefficient (Wildman–Crippen LogP) is 3.69. The molecule has 0 spiro atoms. The second kappa shape index (κ2) is 9.40. The fourth-order valence-electron chi connectivity index (χ4n) is 4.51. The van der Waals surface area contributed by atoms with Crippen molar-refractivity contribution in [1.82, 2.24) is 9.88 Å². The maximum atomic E-state index is 12.6. The largest absolute Gasteiger partial charge is 0.497 e. The fourth-order valence-corrected chi connectivity index (χ4v) is 4.51. The Morgan fingerprint density at radius 1 is 1.09 bits per heavy atom. The number of nitrogens with two attached hydrogens (primary N) is 1. The molecule has 1 atom stereocenters. The van der Waals surface area contributed by atoms with Crippen molar-refractivity contribution >= 4 is 5.91 Å². The van der Waals surface area contributed by atoms with Gasteiger partial charge in [0, 0.05) is 31.0 Å². The van der Waals surface area contributed by atoms with E-state index in [-0.39, 0.29) is 5.91 Å². The summed E-state index contributed by atoms with van der Waals surface area (Å²) in [5, 5.41) is 0. The van der Waals surface area contributed by atoms with Gasteiger partial charge < -0.3 is 15.2 Å². The molecular formula is C26H29N3O3. The van der Waals surface area contributed by atoms with Crippen LogP contribution in [0.3, 0.4) is 0 Å². The van der Waals surface area contributed by atoms with Crippen LogP contribution in [-0.4, -0.2) is 43.1 Å². The Bertz CT molecular complexity index is 1070. The number of pyridine rings is 1. The molecule has 2 N–H and O–H groups in total. The first-order chi connectivity index (χ1) is 15.5. The van der Waals surface area contributed by atoms with Gasteiger partial charge in [0.1, 0.15) is 11.5 Å². The molecule has 32 heavy (non-hydrogen) atoms. The molecule has 6 nitrogen and oxygen atoms in total. The molecule has 1 aromatic heterocycles. The van der Waals surface area contributed by atoms with Gasteiger partial charge in [-0.2, -0.15) is 0 Å². The van der Waals surface area contributed by atoms with Crippen LogP contribution in [0.15, 0.2) is 67.0 Å². The summed E-state index contributed by atoms with van der Waals surface area (Å²) in [6.07, 6.45) is 4.98. The SMILES string of the molecule is COc1ccc(OC)c(CN2CCC(Cc3ccc(-c4cccnc4)cc3)(C(N)=O)C2)c1. The van der Waals surface area contributed by atoms with Crippen LogP contribution in [-0.2, 0) is 17.8 Å². The summed E-state index contributed by atoms with van der Waals surface area (Å²) in [5.74, 6) is 1.36. The van der Waals surface area contributed by atoms with Gasteiger partial charge in [-0.05, 0) is 60.3 Å². The van der Waals surface area contributed by atoms with Crippen LogP contribution >= 0.6 is 0 Å². The van der Waals surface area contributed by atoms with Crippen LogP contribution in [0.2, 0.25) is 0 Å². The van der Waals surface area contributed by atoms with Crippen LogP contribution in [0.1, 0.15) is 17.5 Å². The van der Waals surface area contributed by atoms with Crippen molar-refractivity contribution in [3.05, 3.63) is 78.1 Å². The number of aromatic nitrogens is 1. The highest BCUT2D eigenvalue weighted by Crippen LogP contribution is 2.36. The molecule has 3 aromatic rings. The lowest BCUT2D eigenvalue weighted by Gasteiger charge is -2.26. The van der Waals surface area contributed by atoms with Gasteiger partial charge in [-0.1, -0.05) is 30.3 Å². The van der Waals surface area contributed by atoms with E-state index in [2.05, 4.69) is 34.1 Å². The van der Waals surface area contributed by atoms with Crippen LogP contribution in [0.5, 0.6) is 11.5 Å². The van der Waals surface area contributed by atoms with E-state index in [1.807, 2.05) is 36.5 Å². The van der Waals surface area contributed by atoms with E-state index in [0.29, 0.717) is 19.5 Å². The predicted molar refractivity (Wildman–Crippen MR) is 124 cm³/mol. The maximum Gasteiger partial charge on any atom is 0.225 e. The van der Waals surface area contributed by atoms with Crippen LogP contribution in [0.25, 0.3) is 11.1 Å². The molecule has 0 radical (unpaired) electrons. The normalized spacial score (nSPS) is 18.4. The number of benzene rings is 2. The minimum Gasteiger partial charge on any atom is -0.497 e. The quantitative estimate of drug-likeness (QED) is 0.589. The van der Waals surface area contributed by atoms with Gasteiger partial charge in [0.05, 0.1) is 19.6 Å². The zero-order valence-corrected chi connectivity index (χ0v) is 18.6. The van der Waals surface area contributed by atoms with E-state index < -0.39 is 5.41 Å². The first-order valence-corrected chi connectivity index (χ1v) is 10.8. The lowest BCUT2D eigenvalue weighted by Crippen LogP contribution is -2.41. The van der Waals surface area contributed by atoms with Crippen molar-refractivity contribution in [1.29, 1.82) is 0 Å². The van der Waals surface area contributed by atoms with Gasteiger partial charge in [0.25, 0.3) is 0 Å². The molecule has 1 amide bonds. The number of primary amides is 1. The maximum absolute atomic E-state index is 12.6. The Morgan fingerprint density at radius 3 is 2.56 bits per heavy atom. The molecule has 2 heterocycles. The number of likely N-dealkylation sites (tertiary alicyclic amines) is 1. The van der Waals surface area contributed by atoms with E-state index in [4.69, 9.17) is 15.2 Å². The third-order valence-electron chi connectivity index (χ3n) is 6.33. The summed E-state index contributed by atoms with van der Waals surface area (Å²) >= 11 is 0. The van der Waals surface area contributed by atoms with E-state index in [1.54, 1.807) is 20.4 Å². The van der Waals surface area contributed by atoms with Gasteiger partial charge in [-0.25, -0.2) is 0 Å². The minimum atomic E-state index is -0.581. The second-order valence-corrected chi connectivity index (χ2v) is 8.40. The van der Waals surface area contributed by atoms with Gasteiger partial charge in [-0.3, -0.25) is 14.7 Å². The number of hydrogen-bond donors (Lipinski definition) is 1. The van der Waals surface area contributed by atoms with Gasteiger partial charge in [0.2, 0.25) is 5.91 Å². The molecule has 166 valence electrons. The van der Waals surface area contributed by atoms with Crippen molar-refractivity contribution in [3.8, 4) is 22.6 Å². The van der Waals surface area contributed by atoms with E-state index in [9.17, 15) is 4.79 Å². The highest BCUT2D eigenvalue weighted by atomic mass is 16.5. The number of hydrogen-bond acceptors (Lipinski definition) is 5. The lowest BCUT2D eigenvalue weighted by atomic mass is 9.80. The number of amides is 1. The number of nitrogens with zero attached hydrogens (tertiary/aromatic N) is 2. The summed E-state index contributed by atoms with van der Waals surface area (Å²) in [4.78, 5) is 19.0. The summed E-state index contributed by atoms with van der Waals surface area (Å²) in [6, 6.07) is 18.1. The van der Waals surface area contributed by atoms with Crippen LogP contribution in [0, 0.1) is 5.41 Å². The first kappa shape index (κ1) is 21.8. The van der Waals surface area contributed by atoms with E-state index in [1.165, 1.54) is 0 Å². The zero-order valence-electron chi connectivity index (χ0n) is 18.6. The first-order valence-electron chi connectivity index (χ1n) is 10.8. The van der Waals surface area contributed by atoms with Crippen molar-refractivity contribution in [3.63, 3.8) is 0 Å². The van der Waals surface area contributed by atoms with Crippen molar-refractivity contribution in [2.24, 2.45) is 11.1 Å². The Morgan fingerprint density at radius 2 is 1.91 bits per heavy atom. The summed E-state index contributed by atoms with van der Waals surface area (Å²) in [7, 11) is 3.32. The number of ether oxygens (including phenoxy) is 2. The Balaban J connectivity index is 1.49. The topological polar surface area (TPSA) is 77.7 Å². The molecule has 4 rings (SSSR count). The molecule has 2 aromatic carbocycles. The molecule has 1 aliphatic heterocycles. The minimum absolute atomic E-state index is 0.242. The number of carbonyl (C=O) groups excluding carboxylic acids is 1. The lowest BCUT2D eigenvalue weighted by molar-refractivity contribution is -0.127. The molecule has 0 bridgehead atoms. The number of methoxy groups -OCH3 is 2. The molecular weight excluding hydrogens is 402 g/mol. The fraction of sp³-hybridized carbons (Fsp3) is 0.308. The third-order valence-corrected chi connectivity index (χ3v) is 6.33. The van der Waals surface area contributed by atoms with Crippen LogP contribution < -0.4 is 15.2 Å². The highest BCUT2D eigenvalue weighted by molar-refractivity contribution is 5.82. The Labute approximate surface area is 189 Å². The molecule has 1 saturated heterocycles. The van der Waals surface area contributed by atoms with Gasteiger partial charge in [0.15, 0.2) is 0 Å². The van der Waals surface area contributed by atoms with E-state index >= 15 is 0 Å². The third kappa shape index (κ3) is 4.60. The van der Waals surface area contributed by atoms with Crippen molar-refractivity contribution < 1.29 is 14.3 Å². The van der Waals surface area contributed by atoms with Crippen molar-refractivity contribution in [2.45, 2.75) is 19.4 Å². The smallest absolute Gasteiger partial charge is 0.225 e.